The Morgan fingerprint density at radius 3 is 3.04 bits per heavy atom. The number of ether oxygens (including phenoxy) is 1. The first-order chi connectivity index (χ1) is 13.8. The molecule has 0 radical (unpaired) electrons. The van der Waals surface area contributed by atoms with Crippen molar-refractivity contribution in [1.82, 2.24) is 19.7 Å². The van der Waals surface area contributed by atoms with Crippen molar-refractivity contribution in [2.24, 2.45) is 5.73 Å². The van der Waals surface area contributed by atoms with Crippen molar-refractivity contribution in [3.8, 4) is 0 Å². The first kappa shape index (κ1) is 17.3. The Hall–Kier alpha value is -2.77. The zero-order valence-electron chi connectivity index (χ0n) is 15.7. The smallest absolute Gasteiger partial charge is 0.254 e. The second-order valence-electron chi connectivity index (χ2n) is 7.39. The molecule has 1 aromatic heterocycles. The van der Waals surface area contributed by atoms with Gasteiger partial charge in [-0.1, -0.05) is 24.3 Å². The number of aromatic nitrogens is 3. The van der Waals surface area contributed by atoms with E-state index < -0.39 is 0 Å². The van der Waals surface area contributed by atoms with Crippen LogP contribution in [0.15, 0.2) is 36.4 Å². The minimum absolute atomic E-state index is 0.0349. The molecular weight excluding hydrogens is 354 g/mol. The van der Waals surface area contributed by atoms with Gasteiger partial charge in [0.15, 0.2) is 11.6 Å². The summed E-state index contributed by atoms with van der Waals surface area (Å²) in [6, 6.07) is 11.9. The fraction of sp³-hybridized carbons (Fsp3) is 0.381. The van der Waals surface area contributed by atoms with Gasteiger partial charge in [-0.25, -0.2) is 0 Å². The molecule has 28 heavy (non-hydrogen) atoms. The molecule has 2 aliphatic rings. The van der Waals surface area contributed by atoms with E-state index in [1.54, 1.807) is 0 Å². The van der Waals surface area contributed by atoms with Crippen LogP contribution in [0.4, 0.5) is 0 Å². The number of rotatable bonds is 3. The normalized spacial score (nSPS) is 19.2. The van der Waals surface area contributed by atoms with E-state index in [1.807, 2.05) is 41.3 Å². The molecule has 7 heteroatoms. The molecule has 0 saturated carbocycles. The van der Waals surface area contributed by atoms with Crippen molar-refractivity contribution in [3.63, 3.8) is 0 Å². The summed E-state index contributed by atoms with van der Waals surface area (Å²) in [6.07, 6.45) is 1.88. The number of carbonyl (C=O) groups excluding carboxylic acids is 1. The van der Waals surface area contributed by atoms with E-state index >= 15 is 0 Å². The van der Waals surface area contributed by atoms with Gasteiger partial charge in [0.05, 0.1) is 12.6 Å². The van der Waals surface area contributed by atoms with Crippen LogP contribution in [0.25, 0.3) is 10.8 Å². The van der Waals surface area contributed by atoms with E-state index in [4.69, 9.17) is 10.5 Å². The Morgan fingerprint density at radius 1 is 1.21 bits per heavy atom. The van der Waals surface area contributed by atoms with Crippen molar-refractivity contribution >= 4 is 16.7 Å². The van der Waals surface area contributed by atoms with E-state index in [1.165, 1.54) is 0 Å². The lowest BCUT2D eigenvalue weighted by Gasteiger charge is -2.26. The number of hydrogen-bond acceptors (Lipinski definition) is 5. The van der Waals surface area contributed by atoms with Crippen LogP contribution >= 0.6 is 0 Å². The lowest BCUT2D eigenvalue weighted by atomic mass is 10.0. The van der Waals surface area contributed by atoms with Crippen LogP contribution in [0, 0.1) is 0 Å². The van der Waals surface area contributed by atoms with Crippen LogP contribution in [0.5, 0.6) is 0 Å². The van der Waals surface area contributed by atoms with Crippen molar-refractivity contribution in [3.05, 3.63) is 59.2 Å². The Morgan fingerprint density at radius 2 is 2.14 bits per heavy atom. The van der Waals surface area contributed by atoms with E-state index in [0.717, 1.165) is 53.9 Å². The average Bonchev–Trinajstić information content (AvgIpc) is 3.39. The Balaban J connectivity index is 1.49. The van der Waals surface area contributed by atoms with Gasteiger partial charge < -0.3 is 19.9 Å². The maximum atomic E-state index is 13.4. The predicted octanol–water partition coefficient (Wildman–Crippen LogP) is 2.40. The molecule has 0 bridgehead atoms. The van der Waals surface area contributed by atoms with Gasteiger partial charge in [0.1, 0.15) is 6.61 Å². The summed E-state index contributed by atoms with van der Waals surface area (Å²) in [5.41, 5.74) is 7.64. The van der Waals surface area contributed by atoms with E-state index in [-0.39, 0.29) is 11.9 Å². The number of fused-ring (bicyclic) bond motifs is 2. The molecule has 0 spiro atoms. The first-order valence-electron chi connectivity index (χ1n) is 9.78. The largest absolute Gasteiger partial charge is 0.372 e. The summed E-state index contributed by atoms with van der Waals surface area (Å²) in [4.78, 5) is 15.3. The molecule has 1 saturated heterocycles. The van der Waals surface area contributed by atoms with Gasteiger partial charge in [-0.15, -0.1) is 10.2 Å². The summed E-state index contributed by atoms with van der Waals surface area (Å²) >= 11 is 0. The summed E-state index contributed by atoms with van der Waals surface area (Å²) in [5.74, 6) is 1.77. The van der Waals surface area contributed by atoms with Crippen LogP contribution in [-0.2, 0) is 24.4 Å². The lowest BCUT2D eigenvalue weighted by molar-refractivity contribution is 0.0696. The molecule has 144 valence electrons. The summed E-state index contributed by atoms with van der Waals surface area (Å²) in [5, 5.41) is 10.8. The number of likely N-dealkylation sites (tertiary alicyclic amines) is 1. The predicted molar refractivity (Wildman–Crippen MR) is 105 cm³/mol. The number of hydrogen-bond donors (Lipinski definition) is 1. The van der Waals surface area contributed by atoms with Crippen LogP contribution in [0.2, 0.25) is 0 Å². The number of benzene rings is 2. The third-order valence-electron chi connectivity index (χ3n) is 5.80. The zero-order chi connectivity index (χ0) is 19.1. The molecule has 7 nitrogen and oxygen atoms in total. The summed E-state index contributed by atoms with van der Waals surface area (Å²) in [7, 11) is 0. The van der Waals surface area contributed by atoms with Gasteiger partial charge in [0.2, 0.25) is 0 Å². The fourth-order valence-electron chi connectivity index (χ4n) is 4.36. The van der Waals surface area contributed by atoms with Crippen LogP contribution in [0.1, 0.15) is 46.5 Å². The third-order valence-corrected chi connectivity index (χ3v) is 5.80. The molecular formula is C21H23N5O2. The highest BCUT2D eigenvalue weighted by Gasteiger charge is 2.35. The Bertz CT molecular complexity index is 1040. The number of amides is 1. The average molecular weight is 377 g/mol. The van der Waals surface area contributed by atoms with Gasteiger partial charge in [-0.3, -0.25) is 4.79 Å². The molecule has 3 heterocycles. The quantitative estimate of drug-likeness (QED) is 0.757. The number of carbonyl (C=O) groups is 1. The SMILES string of the molecule is NCc1cccc2ccc(C(=O)N3CCC[C@H]3c3nnc4n3CCOC4)cc12. The molecule has 2 N–H and O–H groups in total. The van der Waals surface area contributed by atoms with Crippen LogP contribution < -0.4 is 5.73 Å². The molecule has 1 fully saturated rings. The van der Waals surface area contributed by atoms with E-state index in [9.17, 15) is 4.79 Å². The molecule has 0 aliphatic carbocycles. The second-order valence-corrected chi connectivity index (χ2v) is 7.39. The van der Waals surface area contributed by atoms with Gasteiger partial charge in [-0.2, -0.15) is 0 Å². The van der Waals surface area contributed by atoms with Gasteiger partial charge in [0, 0.05) is 25.2 Å². The third kappa shape index (κ3) is 2.78. The van der Waals surface area contributed by atoms with E-state index in [0.29, 0.717) is 25.3 Å². The highest BCUT2D eigenvalue weighted by Crippen LogP contribution is 2.33. The lowest BCUT2D eigenvalue weighted by Crippen LogP contribution is -2.33. The van der Waals surface area contributed by atoms with Crippen molar-refractivity contribution < 1.29 is 9.53 Å². The Kier molecular flexibility index (Phi) is 4.33. The maximum Gasteiger partial charge on any atom is 0.254 e. The summed E-state index contributed by atoms with van der Waals surface area (Å²) < 4.78 is 7.58. The molecule has 0 unspecified atom stereocenters. The molecule has 1 atom stereocenters. The van der Waals surface area contributed by atoms with Gasteiger partial charge >= 0.3 is 0 Å². The molecule has 2 aromatic carbocycles. The standard InChI is InChI=1S/C21H23N5O2/c22-12-16-4-1-3-14-6-7-15(11-17(14)16)21(27)25-8-2-5-18(25)20-24-23-19-13-28-10-9-26(19)20/h1,3-4,6-7,11,18H,2,5,8-10,12-13,22H2/t18-/m0/s1. The van der Waals surface area contributed by atoms with Crippen molar-refractivity contribution in [1.29, 1.82) is 0 Å². The molecule has 3 aromatic rings. The fourth-order valence-corrected chi connectivity index (χ4v) is 4.36. The number of nitrogens with two attached hydrogens (primary N) is 1. The van der Waals surface area contributed by atoms with Crippen molar-refractivity contribution in [2.75, 3.05) is 13.2 Å². The maximum absolute atomic E-state index is 13.4. The van der Waals surface area contributed by atoms with Gasteiger partial charge in [0.25, 0.3) is 5.91 Å². The summed E-state index contributed by atoms with van der Waals surface area (Å²) in [6.45, 7) is 3.07. The first-order valence-corrected chi connectivity index (χ1v) is 9.78. The minimum atomic E-state index is -0.0349. The highest BCUT2D eigenvalue weighted by atomic mass is 16.5. The molecule has 2 aliphatic heterocycles. The zero-order valence-corrected chi connectivity index (χ0v) is 15.7. The monoisotopic (exact) mass is 377 g/mol. The topological polar surface area (TPSA) is 86.3 Å². The second kappa shape index (κ2) is 7.00. The van der Waals surface area contributed by atoms with Crippen LogP contribution in [-0.4, -0.2) is 38.7 Å². The molecule has 5 rings (SSSR count). The highest BCUT2D eigenvalue weighted by molar-refractivity contribution is 5.99. The minimum Gasteiger partial charge on any atom is -0.372 e. The van der Waals surface area contributed by atoms with Gasteiger partial charge in [-0.05, 0) is 41.3 Å². The van der Waals surface area contributed by atoms with Crippen LogP contribution in [0.3, 0.4) is 0 Å². The van der Waals surface area contributed by atoms with E-state index in [2.05, 4.69) is 14.8 Å². The number of nitrogens with zero attached hydrogens (tertiary/aromatic N) is 4. The Labute approximate surface area is 163 Å². The molecule has 1 amide bonds. The van der Waals surface area contributed by atoms with Crippen molar-refractivity contribution in [2.45, 2.75) is 38.6 Å².